The van der Waals surface area contributed by atoms with Crippen LogP contribution in [0.1, 0.15) is 0 Å². The van der Waals surface area contributed by atoms with E-state index >= 15 is 0 Å². The fourth-order valence-electron chi connectivity index (χ4n) is 1.69. The summed E-state index contributed by atoms with van der Waals surface area (Å²) in [7, 11) is 0. The van der Waals surface area contributed by atoms with Crippen molar-refractivity contribution in [2.24, 2.45) is 0 Å². The van der Waals surface area contributed by atoms with Crippen LogP contribution in [0.3, 0.4) is 0 Å². The summed E-state index contributed by atoms with van der Waals surface area (Å²) in [6.45, 7) is 0. The number of amides is 1. The first-order valence-corrected chi connectivity index (χ1v) is 6.48. The number of nitrogen functional groups attached to an aromatic ring is 1. The lowest BCUT2D eigenvalue weighted by Crippen LogP contribution is -2.18. The van der Waals surface area contributed by atoms with E-state index in [0.29, 0.717) is 11.4 Å². The number of carbonyl (C=O) groups excluding carboxylic acids is 1. The van der Waals surface area contributed by atoms with Gasteiger partial charge in [0.15, 0.2) is 4.84 Å². The van der Waals surface area contributed by atoms with Crippen LogP contribution in [0.5, 0.6) is 0 Å². The molecular weight excluding hydrogens is 283 g/mol. The standard InChI is InChI=1S/C14H12Cl2N2O/c15-13(16)14(19)18-12-6-2-4-10(8-12)9-3-1-5-11(17)7-9/h1-8,13H,17H2,(H,18,19). The van der Waals surface area contributed by atoms with Crippen LogP contribution in [0, 0.1) is 0 Å². The molecule has 0 aliphatic rings. The van der Waals surface area contributed by atoms with Crippen LogP contribution in [0.25, 0.3) is 11.1 Å². The minimum Gasteiger partial charge on any atom is -0.399 e. The van der Waals surface area contributed by atoms with Gasteiger partial charge in [0.05, 0.1) is 0 Å². The Balaban J connectivity index is 2.27. The fourth-order valence-corrected chi connectivity index (χ4v) is 1.80. The van der Waals surface area contributed by atoms with Crippen molar-refractivity contribution in [2.45, 2.75) is 4.84 Å². The Bertz CT molecular complexity index is 600. The van der Waals surface area contributed by atoms with Gasteiger partial charge in [0.1, 0.15) is 0 Å². The zero-order chi connectivity index (χ0) is 13.8. The monoisotopic (exact) mass is 294 g/mol. The van der Waals surface area contributed by atoms with E-state index in [2.05, 4.69) is 5.32 Å². The van der Waals surface area contributed by atoms with Gasteiger partial charge < -0.3 is 11.1 Å². The molecule has 0 radical (unpaired) electrons. The minimum absolute atomic E-state index is 0.451. The molecule has 0 saturated carbocycles. The molecule has 0 saturated heterocycles. The molecule has 0 aromatic heterocycles. The topological polar surface area (TPSA) is 55.1 Å². The first-order chi connectivity index (χ1) is 9.06. The van der Waals surface area contributed by atoms with Crippen molar-refractivity contribution in [3.05, 3.63) is 48.5 Å². The van der Waals surface area contributed by atoms with Crippen molar-refractivity contribution in [1.82, 2.24) is 0 Å². The van der Waals surface area contributed by atoms with E-state index in [4.69, 9.17) is 28.9 Å². The van der Waals surface area contributed by atoms with Crippen molar-refractivity contribution in [3.63, 3.8) is 0 Å². The highest BCUT2D eigenvalue weighted by atomic mass is 35.5. The van der Waals surface area contributed by atoms with Crippen molar-refractivity contribution in [1.29, 1.82) is 0 Å². The van der Waals surface area contributed by atoms with E-state index in [-0.39, 0.29) is 0 Å². The quantitative estimate of drug-likeness (QED) is 0.670. The Morgan fingerprint density at radius 2 is 1.68 bits per heavy atom. The molecule has 3 N–H and O–H groups in total. The average molecular weight is 295 g/mol. The zero-order valence-corrected chi connectivity index (χ0v) is 11.4. The van der Waals surface area contributed by atoms with E-state index in [1.54, 1.807) is 6.07 Å². The van der Waals surface area contributed by atoms with Gasteiger partial charge in [-0.25, -0.2) is 0 Å². The maximum absolute atomic E-state index is 11.4. The SMILES string of the molecule is Nc1cccc(-c2cccc(NC(=O)C(Cl)Cl)c2)c1. The summed E-state index contributed by atoms with van der Waals surface area (Å²) in [4.78, 5) is 10.3. The molecule has 2 rings (SSSR count). The number of nitrogens with two attached hydrogens (primary N) is 1. The highest BCUT2D eigenvalue weighted by molar-refractivity contribution is 6.54. The number of benzene rings is 2. The molecule has 1 amide bonds. The lowest BCUT2D eigenvalue weighted by atomic mass is 10.0. The second kappa shape index (κ2) is 5.95. The van der Waals surface area contributed by atoms with E-state index in [0.717, 1.165) is 11.1 Å². The van der Waals surface area contributed by atoms with E-state index in [1.807, 2.05) is 42.5 Å². The summed E-state index contributed by atoms with van der Waals surface area (Å²) >= 11 is 11.0. The average Bonchev–Trinajstić information content (AvgIpc) is 2.39. The predicted molar refractivity (Wildman–Crippen MR) is 80.4 cm³/mol. The van der Waals surface area contributed by atoms with Gasteiger partial charge >= 0.3 is 0 Å². The van der Waals surface area contributed by atoms with Gasteiger partial charge in [-0.2, -0.15) is 0 Å². The van der Waals surface area contributed by atoms with Crippen LogP contribution in [-0.2, 0) is 4.79 Å². The first-order valence-electron chi connectivity index (χ1n) is 5.61. The van der Waals surface area contributed by atoms with Crippen molar-refractivity contribution in [3.8, 4) is 11.1 Å². The van der Waals surface area contributed by atoms with E-state index in [9.17, 15) is 4.79 Å². The summed E-state index contributed by atoms with van der Waals surface area (Å²) < 4.78 is 0. The summed E-state index contributed by atoms with van der Waals surface area (Å²) in [5, 5.41) is 2.63. The van der Waals surface area contributed by atoms with Crippen LogP contribution in [-0.4, -0.2) is 10.7 Å². The number of hydrogen-bond acceptors (Lipinski definition) is 2. The lowest BCUT2D eigenvalue weighted by Gasteiger charge is -2.08. The maximum atomic E-state index is 11.4. The Morgan fingerprint density at radius 1 is 1.05 bits per heavy atom. The molecule has 98 valence electrons. The maximum Gasteiger partial charge on any atom is 0.257 e. The molecule has 0 bridgehead atoms. The molecule has 0 aliphatic heterocycles. The molecule has 0 heterocycles. The van der Waals surface area contributed by atoms with Crippen molar-refractivity contribution in [2.75, 3.05) is 11.1 Å². The van der Waals surface area contributed by atoms with Gasteiger partial charge in [-0.3, -0.25) is 4.79 Å². The largest absolute Gasteiger partial charge is 0.399 e. The smallest absolute Gasteiger partial charge is 0.257 e. The number of rotatable bonds is 3. The Kier molecular flexibility index (Phi) is 4.30. The summed E-state index contributed by atoms with van der Waals surface area (Å²) in [5.41, 5.74) is 9.00. The molecule has 0 atom stereocenters. The molecule has 0 fully saturated rings. The number of nitrogens with one attached hydrogen (secondary N) is 1. The third kappa shape index (κ3) is 3.63. The van der Waals surface area contributed by atoms with E-state index in [1.165, 1.54) is 0 Å². The van der Waals surface area contributed by atoms with Gasteiger partial charge in [0.2, 0.25) is 0 Å². The summed E-state index contributed by atoms with van der Waals surface area (Å²) in [5.74, 6) is -0.451. The van der Waals surface area contributed by atoms with Gasteiger partial charge in [0, 0.05) is 11.4 Å². The Morgan fingerprint density at radius 3 is 2.32 bits per heavy atom. The van der Waals surface area contributed by atoms with Gasteiger partial charge in [0.25, 0.3) is 5.91 Å². The molecular formula is C14H12Cl2N2O. The normalized spacial score (nSPS) is 10.5. The van der Waals surface area contributed by atoms with E-state index < -0.39 is 10.7 Å². The zero-order valence-electron chi connectivity index (χ0n) is 9.94. The molecule has 0 unspecified atom stereocenters. The van der Waals surface area contributed by atoms with Gasteiger partial charge in [-0.05, 0) is 35.4 Å². The van der Waals surface area contributed by atoms with Gasteiger partial charge in [-0.1, -0.05) is 47.5 Å². The van der Waals surface area contributed by atoms with Crippen LogP contribution in [0.15, 0.2) is 48.5 Å². The number of carbonyl (C=O) groups is 1. The Labute approximate surface area is 121 Å². The molecule has 0 aliphatic carbocycles. The van der Waals surface area contributed by atoms with Crippen LogP contribution < -0.4 is 11.1 Å². The van der Waals surface area contributed by atoms with Crippen molar-refractivity contribution >= 4 is 40.5 Å². The molecule has 5 heteroatoms. The molecule has 0 spiro atoms. The summed E-state index contributed by atoms with van der Waals surface area (Å²) in [6, 6.07) is 14.9. The molecule has 19 heavy (non-hydrogen) atoms. The lowest BCUT2D eigenvalue weighted by molar-refractivity contribution is -0.114. The Hall–Kier alpha value is -1.71. The van der Waals surface area contributed by atoms with Crippen LogP contribution in [0.4, 0.5) is 11.4 Å². The number of halogens is 2. The number of alkyl halides is 2. The third-order valence-corrected chi connectivity index (χ3v) is 2.94. The van der Waals surface area contributed by atoms with Crippen LogP contribution in [0.2, 0.25) is 0 Å². The second-order valence-electron chi connectivity index (χ2n) is 4.00. The first kappa shape index (κ1) is 13.7. The molecule has 3 nitrogen and oxygen atoms in total. The molecule has 2 aromatic carbocycles. The second-order valence-corrected chi connectivity index (χ2v) is 5.09. The predicted octanol–water partition coefficient (Wildman–Crippen LogP) is 3.68. The number of anilines is 2. The minimum atomic E-state index is -1.09. The van der Waals surface area contributed by atoms with Crippen molar-refractivity contribution < 1.29 is 4.79 Å². The summed E-state index contributed by atoms with van der Waals surface area (Å²) in [6.07, 6.45) is 0. The third-order valence-electron chi connectivity index (χ3n) is 2.55. The van der Waals surface area contributed by atoms with Gasteiger partial charge in [-0.15, -0.1) is 0 Å². The fraction of sp³-hybridized carbons (Fsp3) is 0.0714. The van der Waals surface area contributed by atoms with Crippen LogP contribution >= 0.6 is 23.2 Å². The number of hydrogen-bond donors (Lipinski definition) is 2. The highest BCUT2D eigenvalue weighted by Crippen LogP contribution is 2.24. The highest BCUT2D eigenvalue weighted by Gasteiger charge is 2.11. The molecule has 2 aromatic rings.